The smallest absolute Gasteiger partial charge is 0.416 e. The van der Waals surface area contributed by atoms with Crippen molar-refractivity contribution >= 4 is 15.6 Å². The Bertz CT molecular complexity index is 1130. The molecule has 0 amide bonds. The van der Waals surface area contributed by atoms with Gasteiger partial charge < -0.3 is 4.74 Å². The van der Waals surface area contributed by atoms with Crippen LogP contribution < -0.4 is 4.74 Å². The molecule has 1 aliphatic heterocycles. The third-order valence-electron chi connectivity index (χ3n) is 5.79. The second-order valence-electron chi connectivity index (χ2n) is 7.40. The van der Waals surface area contributed by atoms with E-state index >= 15 is 0 Å². The van der Waals surface area contributed by atoms with Gasteiger partial charge in [0.25, 0.3) is 0 Å². The molecule has 160 valence electrons. The minimum atomic E-state index is -4.67. The van der Waals surface area contributed by atoms with Crippen LogP contribution in [0.5, 0.6) is 5.75 Å². The van der Waals surface area contributed by atoms with Gasteiger partial charge in [0, 0.05) is 18.8 Å². The van der Waals surface area contributed by atoms with Crippen molar-refractivity contribution in [2.75, 3.05) is 6.61 Å². The van der Waals surface area contributed by atoms with Gasteiger partial charge in [-0.1, -0.05) is 0 Å². The molecule has 0 saturated heterocycles. The molecule has 0 N–H and O–H groups in total. The van der Waals surface area contributed by atoms with Gasteiger partial charge >= 0.3 is 6.18 Å². The molecule has 4 nitrogen and oxygen atoms in total. The molecule has 0 bridgehead atoms. The van der Waals surface area contributed by atoms with Crippen molar-refractivity contribution in [3.05, 3.63) is 59.2 Å². The van der Waals surface area contributed by atoms with Gasteiger partial charge in [-0.2, -0.15) is 13.2 Å². The van der Waals surface area contributed by atoms with Crippen molar-refractivity contribution < 1.29 is 39.9 Å². The number of sulfone groups is 1. The molecule has 4 rings (SSSR count). The summed E-state index contributed by atoms with van der Waals surface area (Å²) in [5, 5.41) is 0. The number of hydrogen-bond donors (Lipinski definition) is 0. The zero-order valence-electron chi connectivity index (χ0n) is 15.3. The first-order chi connectivity index (χ1) is 14.0. The van der Waals surface area contributed by atoms with E-state index in [1.165, 1.54) is 0 Å². The number of ketones is 1. The summed E-state index contributed by atoms with van der Waals surface area (Å²) in [5.41, 5.74) is -1.55. The van der Waals surface area contributed by atoms with Crippen LogP contribution in [0.2, 0.25) is 0 Å². The second-order valence-corrected chi connectivity index (χ2v) is 9.61. The van der Waals surface area contributed by atoms with Crippen LogP contribution in [0.4, 0.5) is 22.0 Å². The zero-order chi connectivity index (χ0) is 21.9. The molecule has 1 heterocycles. The standard InChI is InChI=1S/C20H15F5O4S/c21-15-5-6-16(22)18-17(15)19(8-7-13(26)9-12(19)10-29-18)30(27,28)14-3-1-11(2-4-14)20(23,24)25/h1-6,12H,7-10H2/t12-,19+/m1/s1. The van der Waals surface area contributed by atoms with Gasteiger partial charge in [0.15, 0.2) is 21.4 Å². The molecule has 2 aliphatic rings. The van der Waals surface area contributed by atoms with E-state index in [9.17, 15) is 35.2 Å². The van der Waals surface area contributed by atoms with Crippen LogP contribution in [0, 0.1) is 17.6 Å². The van der Waals surface area contributed by atoms with Gasteiger partial charge in [-0.3, -0.25) is 4.79 Å². The highest BCUT2D eigenvalue weighted by Gasteiger charge is 2.59. The second kappa shape index (κ2) is 6.76. The normalized spacial score (nSPS) is 24.0. The molecule has 30 heavy (non-hydrogen) atoms. The van der Waals surface area contributed by atoms with Crippen molar-refractivity contribution in [2.45, 2.75) is 35.1 Å². The van der Waals surface area contributed by atoms with Crippen molar-refractivity contribution in [1.29, 1.82) is 0 Å². The minimum absolute atomic E-state index is 0.189. The maximum absolute atomic E-state index is 14.9. The molecular formula is C20H15F5O4S. The molecule has 1 aliphatic carbocycles. The maximum Gasteiger partial charge on any atom is 0.416 e. The van der Waals surface area contributed by atoms with E-state index in [-0.39, 0.29) is 31.7 Å². The predicted octanol–water partition coefficient (Wildman–Crippen LogP) is 4.41. The summed E-state index contributed by atoms with van der Waals surface area (Å²) in [5.74, 6) is -3.77. The van der Waals surface area contributed by atoms with Crippen LogP contribution in [0.25, 0.3) is 0 Å². The first-order valence-electron chi connectivity index (χ1n) is 9.03. The molecule has 1 fully saturated rings. The molecule has 0 unspecified atom stereocenters. The predicted molar refractivity (Wildman–Crippen MR) is 94.5 cm³/mol. The van der Waals surface area contributed by atoms with Crippen LogP contribution in [0.15, 0.2) is 41.3 Å². The lowest BCUT2D eigenvalue weighted by Gasteiger charge is -2.46. The van der Waals surface area contributed by atoms with E-state index in [4.69, 9.17) is 4.74 Å². The molecule has 2 aromatic carbocycles. The fourth-order valence-corrected chi connectivity index (χ4v) is 6.70. The molecule has 1 saturated carbocycles. The summed E-state index contributed by atoms with van der Waals surface area (Å²) < 4.78 is 98.5. The Morgan fingerprint density at radius 3 is 2.27 bits per heavy atom. The summed E-state index contributed by atoms with van der Waals surface area (Å²) in [6, 6.07) is 4.42. The van der Waals surface area contributed by atoms with Crippen molar-refractivity contribution in [1.82, 2.24) is 0 Å². The fourth-order valence-electron chi connectivity index (χ4n) is 4.37. The highest BCUT2D eigenvalue weighted by molar-refractivity contribution is 7.92. The average Bonchev–Trinajstić information content (AvgIpc) is 2.69. The SMILES string of the molecule is O=C1CC[C@@]2(S(=O)(=O)c3ccc(C(F)(F)F)cc3)c3c(F)ccc(F)c3OC[C@H]2C1. The van der Waals surface area contributed by atoms with E-state index in [0.29, 0.717) is 12.1 Å². The molecular weight excluding hydrogens is 431 g/mol. The molecule has 0 spiro atoms. The van der Waals surface area contributed by atoms with Crippen LogP contribution in [-0.2, 0) is 25.6 Å². The van der Waals surface area contributed by atoms with Crippen LogP contribution >= 0.6 is 0 Å². The van der Waals surface area contributed by atoms with Crippen molar-refractivity contribution in [3.8, 4) is 5.75 Å². The largest absolute Gasteiger partial charge is 0.490 e. The number of fused-ring (bicyclic) bond motifs is 3. The summed E-state index contributed by atoms with van der Waals surface area (Å²) in [6.45, 7) is -0.334. The number of ether oxygens (including phenoxy) is 1. The molecule has 2 atom stereocenters. The van der Waals surface area contributed by atoms with Crippen LogP contribution in [0.3, 0.4) is 0 Å². The van der Waals surface area contributed by atoms with E-state index in [1.807, 2.05) is 0 Å². The van der Waals surface area contributed by atoms with Crippen LogP contribution in [-0.4, -0.2) is 20.8 Å². The first-order valence-corrected chi connectivity index (χ1v) is 10.5. The number of carbonyl (C=O) groups is 1. The number of alkyl halides is 3. The van der Waals surface area contributed by atoms with Gasteiger partial charge in [0.05, 0.1) is 22.6 Å². The Hall–Kier alpha value is -2.49. The Balaban J connectivity index is 1.96. The highest BCUT2D eigenvalue weighted by Crippen LogP contribution is 2.56. The number of hydrogen-bond acceptors (Lipinski definition) is 4. The summed E-state index contributed by atoms with van der Waals surface area (Å²) in [4.78, 5) is 11.5. The van der Waals surface area contributed by atoms with Crippen molar-refractivity contribution in [2.24, 2.45) is 5.92 Å². The molecule has 10 heteroatoms. The van der Waals surface area contributed by atoms with E-state index in [1.54, 1.807) is 0 Å². The fraction of sp³-hybridized carbons (Fsp3) is 0.350. The number of carbonyl (C=O) groups excluding carboxylic acids is 1. The Morgan fingerprint density at radius 1 is 1.00 bits per heavy atom. The van der Waals surface area contributed by atoms with Gasteiger partial charge in [-0.15, -0.1) is 0 Å². The lowest BCUT2D eigenvalue weighted by atomic mass is 9.72. The lowest BCUT2D eigenvalue weighted by Crippen LogP contribution is -2.52. The number of rotatable bonds is 2. The third kappa shape index (κ3) is 2.91. The summed E-state index contributed by atoms with van der Waals surface area (Å²) in [6.07, 6.45) is -5.40. The van der Waals surface area contributed by atoms with Gasteiger partial charge in [-0.25, -0.2) is 17.2 Å². The lowest BCUT2D eigenvalue weighted by molar-refractivity contribution is -0.137. The van der Waals surface area contributed by atoms with Gasteiger partial charge in [0.2, 0.25) is 0 Å². The zero-order valence-corrected chi connectivity index (χ0v) is 16.1. The molecule has 0 aromatic heterocycles. The molecule has 0 radical (unpaired) electrons. The van der Waals surface area contributed by atoms with E-state index in [2.05, 4.69) is 0 Å². The van der Waals surface area contributed by atoms with E-state index < -0.39 is 60.1 Å². The van der Waals surface area contributed by atoms with Gasteiger partial charge in [-0.05, 0) is 42.8 Å². The number of benzene rings is 2. The average molecular weight is 446 g/mol. The monoisotopic (exact) mass is 446 g/mol. The number of halogens is 5. The Labute approximate surface area is 168 Å². The van der Waals surface area contributed by atoms with Crippen LogP contribution in [0.1, 0.15) is 30.4 Å². The topological polar surface area (TPSA) is 60.4 Å². The molecule has 2 aromatic rings. The minimum Gasteiger partial charge on any atom is -0.490 e. The Kier molecular flexibility index (Phi) is 4.68. The third-order valence-corrected chi connectivity index (χ3v) is 8.38. The Morgan fingerprint density at radius 2 is 1.63 bits per heavy atom. The van der Waals surface area contributed by atoms with Crippen molar-refractivity contribution in [3.63, 3.8) is 0 Å². The van der Waals surface area contributed by atoms with Gasteiger partial charge in [0.1, 0.15) is 16.3 Å². The summed E-state index contributed by atoms with van der Waals surface area (Å²) in [7, 11) is -4.53. The summed E-state index contributed by atoms with van der Waals surface area (Å²) >= 11 is 0. The quantitative estimate of drug-likeness (QED) is 0.641. The number of Topliss-reactive ketones (excluding diaryl/α,β-unsaturated/α-hetero) is 1. The maximum atomic E-state index is 14.9. The first kappa shape index (κ1) is 20.8. The highest BCUT2D eigenvalue weighted by atomic mass is 32.2. The van der Waals surface area contributed by atoms with E-state index in [0.717, 1.165) is 24.3 Å².